The molecule has 0 aromatic heterocycles. The molecule has 0 aromatic carbocycles. The Morgan fingerprint density at radius 1 is 1.33 bits per heavy atom. The van der Waals surface area contributed by atoms with E-state index >= 15 is 0 Å². The van der Waals surface area contributed by atoms with Crippen LogP contribution in [0.2, 0.25) is 0 Å². The molecule has 1 amide bonds. The monoisotopic (exact) mass is 216 g/mol. The molecule has 0 saturated heterocycles. The lowest BCUT2D eigenvalue weighted by atomic mass is 10.0. The summed E-state index contributed by atoms with van der Waals surface area (Å²) >= 11 is 0. The summed E-state index contributed by atoms with van der Waals surface area (Å²) in [6.07, 6.45) is 0.953. The Kier molecular flexibility index (Phi) is 7.34. The molecule has 0 spiro atoms. The number of rotatable bonds is 7. The van der Waals surface area contributed by atoms with Crippen molar-refractivity contribution in [1.29, 1.82) is 0 Å². The maximum absolute atomic E-state index is 11.0. The number of carbonyl (C=O) groups excluding carboxylic acids is 1. The predicted molar refractivity (Wildman–Crippen MR) is 61.6 cm³/mol. The van der Waals surface area contributed by atoms with E-state index in [1.54, 1.807) is 7.05 Å². The summed E-state index contributed by atoms with van der Waals surface area (Å²) in [4.78, 5) is 11.0. The van der Waals surface area contributed by atoms with Crippen molar-refractivity contribution in [3.8, 4) is 0 Å². The fourth-order valence-electron chi connectivity index (χ4n) is 1.26. The Morgan fingerprint density at radius 3 is 2.40 bits per heavy atom. The zero-order valence-electron chi connectivity index (χ0n) is 10.2. The van der Waals surface area contributed by atoms with Gasteiger partial charge in [-0.1, -0.05) is 13.8 Å². The Morgan fingerprint density at radius 2 is 1.93 bits per heavy atom. The van der Waals surface area contributed by atoms with Crippen LogP contribution >= 0.6 is 0 Å². The second-order valence-electron chi connectivity index (χ2n) is 4.33. The highest BCUT2D eigenvalue weighted by Crippen LogP contribution is 2.04. The number of hydrogen-bond donors (Lipinski definition) is 3. The van der Waals surface area contributed by atoms with Gasteiger partial charge in [-0.05, 0) is 25.8 Å². The molecule has 0 radical (unpaired) electrons. The molecule has 15 heavy (non-hydrogen) atoms. The largest absolute Gasteiger partial charge is 0.393 e. The van der Waals surface area contributed by atoms with Crippen molar-refractivity contribution in [2.75, 3.05) is 13.6 Å². The van der Waals surface area contributed by atoms with Gasteiger partial charge in [0.25, 0.3) is 0 Å². The van der Waals surface area contributed by atoms with E-state index in [2.05, 4.69) is 10.6 Å². The lowest BCUT2D eigenvalue weighted by Crippen LogP contribution is -2.34. The lowest BCUT2D eigenvalue weighted by Gasteiger charge is -2.17. The zero-order chi connectivity index (χ0) is 11.8. The highest BCUT2D eigenvalue weighted by atomic mass is 16.3. The van der Waals surface area contributed by atoms with E-state index in [1.807, 2.05) is 20.8 Å². The van der Waals surface area contributed by atoms with E-state index in [0.717, 1.165) is 13.0 Å². The van der Waals surface area contributed by atoms with Gasteiger partial charge in [0.1, 0.15) is 0 Å². The maximum Gasteiger partial charge on any atom is 0.221 e. The first-order valence-electron chi connectivity index (χ1n) is 5.59. The van der Waals surface area contributed by atoms with Gasteiger partial charge in [0.2, 0.25) is 5.91 Å². The van der Waals surface area contributed by atoms with Crippen LogP contribution in [-0.4, -0.2) is 36.8 Å². The molecule has 0 fully saturated rings. The Bertz CT molecular complexity index is 183. The Balaban J connectivity index is 3.54. The van der Waals surface area contributed by atoms with Gasteiger partial charge < -0.3 is 15.7 Å². The first kappa shape index (κ1) is 14.4. The molecule has 0 aliphatic carbocycles. The van der Waals surface area contributed by atoms with Crippen LogP contribution in [0.25, 0.3) is 0 Å². The van der Waals surface area contributed by atoms with Crippen LogP contribution in [0.4, 0.5) is 0 Å². The van der Waals surface area contributed by atoms with E-state index in [-0.39, 0.29) is 18.1 Å². The van der Waals surface area contributed by atoms with Crippen molar-refractivity contribution >= 4 is 5.91 Å². The Hall–Kier alpha value is -0.610. The van der Waals surface area contributed by atoms with Crippen molar-refractivity contribution in [2.45, 2.75) is 45.8 Å². The maximum atomic E-state index is 11.0. The minimum atomic E-state index is -0.260. The summed E-state index contributed by atoms with van der Waals surface area (Å²) in [7, 11) is 1.64. The van der Waals surface area contributed by atoms with Crippen LogP contribution < -0.4 is 10.6 Å². The minimum Gasteiger partial charge on any atom is -0.393 e. The van der Waals surface area contributed by atoms with E-state index < -0.39 is 0 Å². The van der Waals surface area contributed by atoms with Crippen molar-refractivity contribution in [3.05, 3.63) is 0 Å². The van der Waals surface area contributed by atoms with Gasteiger partial charge in [0.05, 0.1) is 6.10 Å². The molecule has 4 nitrogen and oxygen atoms in total. The molecule has 3 N–H and O–H groups in total. The molecule has 0 saturated carbocycles. The van der Waals surface area contributed by atoms with Gasteiger partial charge in [0, 0.05) is 19.5 Å². The molecular weight excluding hydrogens is 192 g/mol. The van der Waals surface area contributed by atoms with Crippen LogP contribution in [0, 0.1) is 5.92 Å². The van der Waals surface area contributed by atoms with E-state index in [1.165, 1.54) is 0 Å². The fourth-order valence-corrected chi connectivity index (χ4v) is 1.26. The molecule has 90 valence electrons. The van der Waals surface area contributed by atoms with Gasteiger partial charge in [-0.3, -0.25) is 4.79 Å². The summed E-state index contributed by atoms with van der Waals surface area (Å²) in [5.41, 5.74) is 0. The summed E-state index contributed by atoms with van der Waals surface area (Å²) < 4.78 is 0. The molecule has 0 heterocycles. The van der Waals surface area contributed by atoms with Crippen molar-refractivity contribution in [3.63, 3.8) is 0 Å². The third-order valence-electron chi connectivity index (χ3n) is 2.47. The molecular formula is C11H24N2O2. The van der Waals surface area contributed by atoms with E-state index in [9.17, 15) is 9.90 Å². The van der Waals surface area contributed by atoms with Crippen molar-refractivity contribution in [1.82, 2.24) is 10.6 Å². The molecule has 4 heteroatoms. The molecule has 2 unspecified atom stereocenters. The second kappa shape index (κ2) is 7.65. The number of nitrogens with one attached hydrogen (secondary N) is 2. The standard InChI is InChI=1S/C11H24N2O2/c1-8(2)10(14)5-6-13-9(3)7-11(15)12-4/h8-10,13-14H,5-7H2,1-4H3,(H,12,15). The SMILES string of the molecule is CNC(=O)CC(C)NCCC(O)C(C)C. The van der Waals surface area contributed by atoms with Gasteiger partial charge in [-0.25, -0.2) is 0 Å². The third-order valence-corrected chi connectivity index (χ3v) is 2.47. The normalized spacial score (nSPS) is 15.1. The minimum absolute atomic E-state index is 0.0411. The topological polar surface area (TPSA) is 61.4 Å². The number of carbonyl (C=O) groups is 1. The fraction of sp³-hybridized carbons (Fsp3) is 0.909. The summed E-state index contributed by atoms with van der Waals surface area (Å²) in [6, 6.07) is 0.157. The van der Waals surface area contributed by atoms with Crippen LogP contribution in [-0.2, 0) is 4.79 Å². The predicted octanol–water partition coefficient (Wildman–Crippen LogP) is 0.508. The lowest BCUT2D eigenvalue weighted by molar-refractivity contribution is -0.121. The first-order valence-corrected chi connectivity index (χ1v) is 5.59. The van der Waals surface area contributed by atoms with Gasteiger partial charge in [-0.15, -0.1) is 0 Å². The summed E-state index contributed by atoms with van der Waals surface area (Å²) in [5.74, 6) is 0.334. The summed E-state index contributed by atoms with van der Waals surface area (Å²) in [5, 5.41) is 15.3. The molecule has 0 rings (SSSR count). The van der Waals surface area contributed by atoms with Crippen LogP contribution in [0.1, 0.15) is 33.6 Å². The van der Waals surface area contributed by atoms with Gasteiger partial charge in [-0.2, -0.15) is 0 Å². The van der Waals surface area contributed by atoms with Crippen molar-refractivity contribution in [2.24, 2.45) is 5.92 Å². The highest BCUT2D eigenvalue weighted by molar-refractivity contribution is 5.76. The number of aliphatic hydroxyl groups is 1. The quantitative estimate of drug-likeness (QED) is 0.581. The summed E-state index contributed by atoms with van der Waals surface area (Å²) in [6.45, 7) is 6.71. The average Bonchev–Trinajstić information content (AvgIpc) is 2.17. The van der Waals surface area contributed by atoms with E-state index in [0.29, 0.717) is 12.3 Å². The van der Waals surface area contributed by atoms with Crippen LogP contribution in [0.5, 0.6) is 0 Å². The van der Waals surface area contributed by atoms with Crippen molar-refractivity contribution < 1.29 is 9.90 Å². The van der Waals surface area contributed by atoms with Crippen LogP contribution in [0.15, 0.2) is 0 Å². The number of aliphatic hydroxyl groups excluding tert-OH is 1. The van der Waals surface area contributed by atoms with E-state index in [4.69, 9.17) is 0 Å². The number of hydrogen-bond acceptors (Lipinski definition) is 3. The van der Waals surface area contributed by atoms with Crippen LogP contribution in [0.3, 0.4) is 0 Å². The zero-order valence-corrected chi connectivity index (χ0v) is 10.2. The smallest absolute Gasteiger partial charge is 0.221 e. The highest BCUT2D eigenvalue weighted by Gasteiger charge is 2.10. The average molecular weight is 216 g/mol. The molecule has 0 aliphatic rings. The van der Waals surface area contributed by atoms with Gasteiger partial charge in [0.15, 0.2) is 0 Å². The molecule has 0 aromatic rings. The number of amides is 1. The second-order valence-corrected chi connectivity index (χ2v) is 4.33. The van der Waals surface area contributed by atoms with Gasteiger partial charge >= 0.3 is 0 Å². The third kappa shape index (κ3) is 7.33. The molecule has 0 bridgehead atoms. The first-order chi connectivity index (χ1) is 6.97. The molecule has 2 atom stereocenters. The molecule has 0 aliphatic heterocycles. The Labute approximate surface area is 92.4 Å².